The lowest BCUT2D eigenvalue weighted by molar-refractivity contribution is -0.127. The van der Waals surface area contributed by atoms with Crippen LogP contribution in [0.5, 0.6) is 0 Å². The fourth-order valence-electron chi connectivity index (χ4n) is 0.985. The summed E-state index contributed by atoms with van der Waals surface area (Å²) in [4.78, 5) is 11.0. The number of rotatable bonds is 3. The van der Waals surface area contributed by atoms with Gasteiger partial charge >= 0.3 is 0 Å². The molecule has 0 saturated heterocycles. The first kappa shape index (κ1) is 7.86. The van der Waals surface area contributed by atoms with Crippen LogP contribution in [-0.2, 0) is 4.79 Å². The van der Waals surface area contributed by atoms with Crippen molar-refractivity contribution in [1.82, 2.24) is 5.32 Å². The van der Waals surface area contributed by atoms with E-state index in [1.165, 1.54) is 6.42 Å². The van der Waals surface area contributed by atoms with Gasteiger partial charge in [-0.05, 0) is 12.8 Å². The molecule has 1 aliphatic rings. The minimum atomic E-state index is 0.187. The Morgan fingerprint density at radius 3 is 2.70 bits per heavy atom. The maximum Gasteiger partial charge on any atom is 0.223 e. The first-order chi connectivity index (χ1) is 4.84. The highest BCUT2D eigenvalue weighted by atomic mass is 35.5. The van der Waals surface area contributed by atoms with Gasteiger partial charge in [-0.2, -0.15) is 0 Å². The molecule has 1 aliphatic carbocycles. The van der Waals surface area contributed by atoms with E-state index in [-0.39, 0.29) is 5.91 Å². The van der Waals surface area contributed by atoms with Crippen LogP contribution in [-0.4, -0.2) is 18.3 Å². The summed E-state index contributed by atoms with van der Waals surface area (Å²) in [6, 6.07) is 0. The maximum absolute atomic E-state index is 11.0. The largest absolute Gasteiger partial charge is 0.355 e. The Morgan fingerprint density at radius 1 is 1.60 bits per heavy atom. The van der Waals surface area contributed by atoms with Gasteiger partial charge in [0.15, 0.2) is 0 Å². The third-order valence-corrected chi connectivity index (χ3v) is 2.06. The predicted octanol–water partition coefficient (Wildman–Crippen LogP) is 1.14. The maximum atomic E-state index is 11.0. The number of alkyl halides is 1. The summed E-state index contributed by atoms with van der Waals surface area (Å²) in [7, 11) is 0. The number of hydrogen-bond donors (Lipinski definition) is 1. The van der Waals surface area contributed by atoms with Crippen LogP contribution < -0.4 is 5.32 Å². The molecule has 0 aromatic rings. The molecule has 0 radical (unpaired) electrons. The molecule has 1 rings (SSSR count). The van der Waals surface area contributed by atoms with Gasteiger partial charge in [0.1, 0.15) is 0 Å². The highest BCUT2D eigenvalue weighted by Gasteiger charge is 2.24. The lowest BCUT2D eigenvalue weighted by atomic mass is 9.85. The second-order valence-electron chi connectivity index (χ2n) is 2.61. The van der Waals surface area contributed by atoms with E-state index in [9.17, 15) is 4.79 Å². The van der Waals surface area contributed by atoms with Crippen LogP contribution in [0.1, 0.15) is 19.3 Å². The summed E-state index contributed by atoms with van der Waals surface area (Å²) in [5, 5.41) is 2.76. The summed E-state index contributed by atoms with van der Waals surface area (Å²) in [5.74, 6) is 0.994. The number of hydrogen-bond acceptors (Lipinski definition) is 1. The zero-order valence-corrected chi connectivity index (χ0v) is 6.66. The minimum Gasteiger partial charge on any atom is -0.355 e. The van der Waals surface area contributed by atoms with Crippen LogP contribution >= 0.6 is 11.6 Å². The Labute approximate surface area is 65.9 Å². The normalized spacial score (nSPS) is 18.1. The fourth-order valence-corrected chi connectivity index (χ4v) is 1.08. The van der Waals surface area contributed by atoms with Crippen molar-refractivity contribution in [2.24, 2.45) is 5.92 Å². The van der Waals surface area contributed by atoms with Gasteiger partial charge in [-0.3, -0.25) is 4.79 Å². The molecule has 1 fully saturated rings. The molecule has 0 aromatic carbocycles. The van der Waals surface area contributed by atoms with Crippen molar-refractivity contribution in [2.75, 3.05) is 12.4 Å². The zero-order valence-electron chi connectivity index (χ0n) is 5.90. The summed E-state index contributed by atoms with van der Waals surface area (Å²) in [6.07, 6.45) is 3.33. The third kappa shape index (κ3) is 1.87. The van der Waals surface area contributed by atoms with Crippen LogP contribution in [0.15, 0.2) is 0 Å². The van der Waals surface area contributed by atoms with Gasteiger partial charge in [-0.1, -0.05) is 6.42 Å². The van der Waals surface area contributed by atoms with Crippen molar-refractivity contribution in [3.05, 3.63) is 0 Å². The molecule has 0 bridgehead atoms. The standard InChI is InChI=1S/C7H12ClNO/c8-4-5-9-7(10)6-2-1-3-6/h6H,1-5H2,(H,9,10). The molecule has 1 N–H and O–H groups in total. The first-order valence-corrected chi connectivity index (χ1v) is 4.21. The molecule has 0 spiro atoms. The van der Waals surface area contributed by atoms with E-state index in [0.717, 1.165) is 12.8 Å². The Morgan fingerprint density at radius 2 is 2.30 bits per heavy atom. The molecule has 0 aromatic heterocycles. The molecule has 2 nitrogen and oxygen atoms in total. The van der Waals surface area contributed by atoms with Gasteiger partial charge in [0, 0.05) is 18.3 Å². The molecule has 0 unspecified atom stereocenters. The Bertz CT molecular complexity index is 123. The molecule has 0 aliphatic heterocycles. The van der Waals surface area contributed by atoms with Gasteiger partial charge in [-0.15, -0.1) is 11.6 Å². The number of halogens is 1. The highest BCUT2D eigenvalue weighted by molar-refractivity contribution is 6.18. The van der Waals surface area contributed by atoms with Gasteiger partial charge in [0.05, 0.1) is 0 Å². The monoisotopic (exact) mass is 161 g/mol. The van der Waals surface area contributed by atoms with Crippen LogP contribution in [0.3, 0.4) is 0 Å². The van der Waals surface area contributed by atoms with Gasteiger partial charge < -0.3 is 5.32 Å². The van der Waals surface area contributed by atoms with Crippen LogP contribution in [0.25, 0.3) is 0 Å². The number of nitrogens with one attached hydrogen (secondary N) is 1. The quantitative estimate of drug-likeness (QED) is 0.618. The zero-order chi connectivity index (χ0) is 7.40. The molecule has 58 valence electrons. The summed E-state index contributed by atoms with van der Waals surface area (Å²) >= 11 is 5.40. The minimum absolute atomic E-state index is 0.187. The van der Waals surface area contributed by atoms with E-state index in [0.29, 0.717) is 18.3 Å². The van der Waals surface area contributed by atoms with E-state index in [1.807, 2.05) is 0 Å². The number of amides is 1. The van der Waals surface area contributed by atoms with Crippen LogP contribution in [0.2, 0.25) is 0 Å². The van der Waals surface area contributed by atoms with Crippen LogP contribution in [0, 0.1) is 5.92 Å². The second kappa shape index (κ2) is 3.81. The van der Waals surface area contributed by atoms with Crippen molar-refractivity contribution in [1.29, 1.82) is 0 Å². The summed E-state index contributed by atoms with van der Waals surface area (Å²) in [5.41, 5.74) is 0. The molecule has 1 amide bonds. The SMILES string of the molecule is O=C(NCCCl)C1CCC1. The second-order valence-corrected chi connectivity index (χ2v) is 2.99. The smallest absolute Gasteiger partial charge is 0.223 e. The van der Waals surface area contributed by atoms with E-state index in [2.05, 4.69) is 5.32 Å². The van der Waals surface area contributed by atoms with Crippen molar-refractivity contribution in [2.45, 2.75) is 19.3 Å². The van der Waals surface area contributed by atoms with E-state index < -0.39 is 0 Å². The molecule has 3 heteroatoms. The Kier molecular flexibility index (Phi) is 3.00. The number of carbonyl (C=O) groups excluding carboxylic acids is 1. The molecular weight excluding hydrogens is 150 g/mol. The van der Waals surface area contributed by atoms with E-state index in [1.54, 1.807) is 0 Å². The van der Waals surface area contributed by atoms with Crippen molar-refractivity contribution in [3.8, 4) is 0 Å². The Hall–Kier alpha value is -0.240. The van der Waals surface area contributed by atoms with E-state index >= 15 is 0 Å². The summed E-state index contributed by atoms with van der Waals surface area (Å²) < 4.78 is 0. The highest BCUT2D eigenvalue weighted by Crippen LogP contribution is 2.25. The summed E-state index contributed by atoms with van der Waals surface area (Å²) in [6.45, 7) is 0.608. The lowest BCUT2D eigenvalue weighted by Crippen LogP contribution is -2.35. The molecule has 0 heterocycles. The lowest BCUT2D eigenvalue weighted by Gasteiger charge is -2.23. The topological polar surface area (TPSA) is 29.1 Å². The van der Waals surface area contributed by atoms with Crippen molar-refractivity contribution in [3.63, 3.8) is 0 Å². The average molecular weight is 162 g/mol. The van der Waals surface area contributed by atoms with Crippen molar-refractivity contribution >= 4 is 17.5 Å². The van der Waals surface area contributed by atoms with Crippen molar-refractivity contribution < 1.29 is 4.79 Å². The molecular formula is C7H12ClNO. The van der Waals surface area contributed by atoms with Crippen LogP contribution in [0.4, 0.5) is 0 Å². The molecule has 10 heavy (non-hydrogen) atoms. The first-order valence-electron chi connectivity index (χ1n) is 3.68. The fraction of sp³-hybridized carbons (Fsp3) is 0.857. The average Bonchev–Trinajstić information content (AvgIpc) is 1.79. The molecule has 1 saturated carbocycles. The van der Waals surface area contributed by atoms with Gasteiger partial charge in [0.2, 0.25) is 5.91 Å². The number of carbonyl (C=O) groups is 1. The van der Waals surface area contributed by atoms with Gasteiger partial charge in [-0.25, -0.2) is 0 Å². The third-order valence-electron chi connectivity index (χ3n) is 1.87. The predicted molar refractivity (Wildman–Crippen MR) is 41.1 cm³/mol. The molecule has 0 atom stereocenters. The van der Waals surface area contributed by atoms with Gasteiger partial charge in [0.25, 0.3) is 0 Å². The Balaban J connectivity index is 2.08. The van der Waals surface area contributed by atoms with E-state index in [4.69, 9.17) is 11.6 Å².